The van der Waals surface area contributed by atoms with E-state index in [9.17, 15) is 14.4 Å². The van der Waals surface area contributed by atoms with Crippen LogP contribution in [0, 0.1) is 6.92 Å². The number of amides is 2. The number of anilines is 1. The van der Waals surface area contributed by atoms with Crippen LogP contribution in [0.15, 0.2) is 48.5 Å². The minimum atomic E-state index is -0.494. The van der Waals surface area contributed by atoms with Crippen LogP contribution in [0.4, 0.5) is 5.69 Å². The fraction of sp³-hybridized carbons (Fsp3) is 0.227. The van der Waals surface area contributed by atoms with Gasteiger partial charge in [-0.15, -0.1) is 0 Å². The lowest BCUT2D eigenvalue weighted by molar-refractivity contribution is -0.117. The Kier molecular flexibility index (Phi) is 6.81. The molecule has 0 bridgehead atoms. The summed E-state index contributed by atoms with van der Waals surface area (Å²) in [7, 11) is 3.31. The van der Waals surface area contributed by atoms with Gasteiger partial charge in [0.15, 0.2) is 0 Å². The molecule has 2 aromatic carbocycles. The van der Waals surface area contributed by atoms with Crippen molar-refractivity contribution in [3.8, 4) is 0 Å². The maximum Gasteiger partial charge on any atom is 0.253 e. The standard InChI is InChI=1S/C22H22ClN5O3/c1-14-24-21(26-25-14)19(29)12-20(30)28(13-15-6-4-8-17(23)10-15)18-9-5-7-16(11-18)22(31)27(2)3/h4-11H,12-13H2,1-3H3,(H,24,25,26). The van der Waals surface area contributed by atoms with Gasteiger partial charge < -0.3 is 9.80 Å². The molecular formula is C22H22ClN5O3. The molecule has 31 heavy (non-hydrogen) atoms. The molecule has 0 aliphatic rings. The van der Waals surface area contributed by atoms with Crippen LogP contribution in [0.1, 0.15) is 38.8 Å². The topological polar surface area (TPSA) is 99.3 Å². The fourth-order valence-electron chi connectivity index (χ4n) is 2.99. The van der Waals surface area contributed by atoms with Crippen LogP contribution in [0.25, 0.3) is 0 Å². The van der Waals surface area contributed by atoms with Crippen molar-refractivity contribution in [1.29, 1.82) is 0 Å². The van der Waals surface area contributed by atoms with Crippen molar-refractivity contribution in [3.05, 3.63) is 76.3 Å². The third kappa shape index (κ3) is 5.55. The van der Waals surface area contributed by atoms with Gasteiger partial charge in [-0.1, -0.05) is 29.8 Å². The summed E-state index contributed by atoms with van der Waals surface area (Å²) in [5, 5.41) is 6.96. The highest BCUT2D eigenvalue weighted by Crippen LogP contribution is 2.22. The number of aromatic amines is 1. The molecule has 0 atom stereocenters. The summed E-state index contributed by atoms with van der Waals surface area (Å²) < 4.78 is 0. The van der Waals surface area contributed by atoms with Crippen molar-refractivity contribution >= 4 is 34.9 Å². The Morgan fingerprint density at radius 1 is 1.06 bits per heavy atom. The molecule has 0 aliphatic carbocycles. The molecule has 9 heteroatoms. The van der Waals surface area contributed by atoms with Crippen molar-refractivity contribution in [2.75, 3.05) is 19.0 Å². The van der Waals surface area contributed by atoms with E-state index < -0.39 is 18.1 Å². The zero-order valence-corrected chi connectivity index (χ0v) is 18.2. The average Bonchev–Trinajstić information content (AvgIpc) is 3.18. The quantitative estimate of drug-likeness (QED) is 0.450. The monoisotopic (exact) mass is 439 g/mol. The summed E-state index contributed by atoms with van der Waals surface area (Å²) in [6.45, 7) is 1.85. The Balaban J connectivity index is 1.92. The minimum Gasteiger partial charge on any atom is -0.345 e. The van der Waals surface area contributed by atoms with Crippen LogP contribution in [-0.2, 0) is 11.3 Å². The lowest BCUT2D eigenvalue weighted by Gasteiger charge is -2.24. The molecule has 1 N–H and O–H groups in total. The average molecular weight is 440 g/mol. The maximum absolute atomic E-state index is 13.1. The third-order valence-electron chi connectivity index (χ3n) is 4.50. The molecule has 160 valence electrons. The first-order chi connectivity index (χ1) is 14.7. The summed E-state index contributed by atoms with van der Waals surface area (Å²) in [5.41, 5.74) is 1.71. The van der Waals surface area contributed by atoms with Gasteiger partial charge in [0.2, 0.25) is 17.5 Å². The van der Waals surface area contributed by atoms with Crippen LogP contribution >= 0.6 is 11.6 Å². The number of nitrogens with zero attached hydrogens (tertiary/aromatic N) is 4. The summed E-state index contributed by atoms with van der Waals surface area (Å²) in [6, 6.07) is 13.8. The molecule has 1 aromatic heterocycles. The fourth-order valence-corrected chi connectivity index (χ4v) is 3.20. The van der Waals surface area contributed by atoms with Crippen molar-refractivity contribution in [2.45, 2.75) is 19.9 Å². The van der Waals surface area contributed by atoms with Crippen LogP contribution < -0.4 is 4.90 Å². The lowest BCUT2D eigenvalue weighted by atomic mass is 10.1. The third-order valence-corrected chi connectivity index (χ3v) is 4.74. The molecule has 1 heterocycles. The Labute approximate surface area is 184 Å². The number of aryl methyl sites for hydroxylation is 1. The Morgan fingerprint density at radius 3 is 2.45 bits per heavy atom. The minimum absolute atomic E-state index is 0.0370. The van der Waals surface area contributed by atoms with E-state index in [1.165, 1.54) is 9.80 Å². The van der Waals surface area contributed by atoms with Crippen molar-refractivity contribution in [3.63, 3.8) is 0 Å². The van der Waals surface area contributed by atoms with E-state index in [1.54, 1.807) is 63.5 Å². The smallest absolute Gasteiger partial charge is 0.253 e. The number of nitrogens with one attached hydrogen (secondary N) is 1. The van der Waals surface area contributed by atoms with Crippen LogP contribution in [0.2, 0.25) is 5.02 Å². The Hall–Kier alpha value is -3.52. The predicted molar refractivity (Wildman–Crippen MR) is 117 cm³/mol. The largest absolute Gasteiger partial charge is 0.345 e. The number of H-pyrrole nitrogens is 1. The van der Waals surface area contributed by atoms with E-state index in [0.29, 0.717) is 22.1 Å². The number of carbonyl (C=O) groups excluding carboxylic acids is 3. The van der Waals surface area contributed by atoms with E-state index in [2.05, 4.69) is 15.2 Å². The Morgan fingerprint density at radius 2 is 1.81 bits per heavy atom. The zero-order valence-electron chi connectivity index (χ0n) is 17.4. The molecule has 2 amide bonds. The van der Waals surface area contributed by atoms with Gasteiger partial charge in [-0.2, -0.15) is 5.10 Å². The highest BCUT2D eigenvalue weighted by Gasteiger charge is 2.23. The van der Waals surface area contributed by atoms with Gasteiger partial charge in [-0.05, 0) is 42.8 Å². The molecule has 0 fully saturated rings. The second kappa shape index (κ2) is 9.53. The molecule has 0 radical (unpaired) electrons. The van der Waals surface area contributed by atoms with Gasteiger partial charge in [-0.25, -0.2) is 4.98 Å². The van der Waals surface area contributed by atoms with E-state index >= 15 is 0 Å². The van der Waals surface area contributed by atoms with E-state index in [4.69, 9.17) is 11.6 Å². The predicted octanol–water partition coefficient (Wildman–Crippen LogP) is 3.27. The number of ketones is 1. The zero-order chi connectivity index (χ0) is 22.5. The molecule has 0 saturated carbocycles. The lowest BCUT2D eigenvalue weighted by Crippen LogP contribution is -2.32. The van der Waals surface area contributed by atoms with Crippen molar-refractivity contribution < 1.29 is 14.4 Å². The van der Waals surface area contributed by atoms with Gasteiger partial charge >= 0.3 is 0 Å². The SMILES string of the molecule is Cc1nc(C(=O)CC(=O)N(Cc2cccc(Cl)c2)c2cccc(C(=O)N(C)C)c2)n[nH]1. The number of rotatable bonds is 7. The van der Waals surface area contributed by atoms with Crippen molar-refractivity contribution in [2.24, 2.45) is 0 Å². The molecule has 0 aliphatic heterocycles. The molecule has 3 aromatic rings. The van der Waals surface area contributed by atoms with Crippen molar-refractivity contribution in [1.82, 2.24) is 20.1 Å². The molecule has 0 spiro atoms. The first-order valence-corrected chi connectivity index (χ1v) is 9.91. The van der Waals surface area contributed by atoms with Gasteiger partial charge in [-0.3, -0.25) is 19.5 Å². The Bertz CT molecular complexity index is 1130. The van der Waals surface area contributed by atoms with Crippen LogP contribution in [0.3, 0.4) is 0 Å². The highest BCUT2D eigenvalue weighted by atomic mass is 35.5. The number of hydrogen-bond donors (Lipinski definition) is 1. The second-order valence-electron chi connectivity index (χ2n) is 7.20. The molecular weight excluding hydrogens is 418 g/mol. The van der Waals surface area contributed by atoms with Gasteiger partial charge in [0.1, 0.15) is 5.82 Å². The molecule has 3 rings (SSSR count). The first kappa shape index (κ1) is 22.2. The molecule has 0 unspecified atom stereocenters. The van der Waals surface area contributed by atoms with Crippen LogP contribution in [-0.4, -0.2) is 51.8 Å². The van der Waals surface area contributed by atoms with Gasteiger partial charge in [0.05, 0.1) is 13.0 Å². The first-order valence-electron chi connectivity index (χ1n) is 9.53. The second-order valence-corrected chi connectivity index (χ2v) is 7.64. The number of hydrogen-bond acceptors (Lipinski definition) is 5. The summed E-state index contributed by atoms with van der Waals surface area (Å²) >= 11 is 6.09. The summed E-state index contributed by atoms with van der Waals surface area (Å²) in [4.78, 5) is 44.9. The van der Waals surface area contributed by atoms with E-state index in [-0.39, 0.29) is 18.3 Å². The number of carbonyl (C=O) groups is 3. The highest BCUT2D eigenvalue weighted by molar-refractivity contribution is 6.30. The van der Waals surface area contributed by atoms with E-state index in [1.807, 2.05) is 6.07 Å². The number of Topliss-reactive ketones (excluding diaryl/α,β-unsaturated/α-hetero) is 1. The summed E-state index contributed by atoms with van der Waals surface area (Å²) in [6.07, 6.45) is -0.413. The normalized spacial score (nSPS) is 10.6. The van der Waals surface area contributed by atoms with Gasteiger partial charge in [0, 0.05) is 30.4 Å². The van der Waals surface area contributed by atoms with Gasteiger partial charge in [0.25, 0.3) is 5.91 Å². The van der Waals surface area contributed by atoms with Crippen LogP contribution in [0.5, 0.6) is 0 Å². The molecule has 0 saturated heterocycles. The maximum atomic E-state index is 13.1. The summed E-state index contributed by atoms with van der Waals surface area (Å²) in [5.74, 6) is -0.677. The molecule has 8 nitrogen and oxygen atoms in total. The number of aromatic nitrogens is 3. The number of benzene rings is 2. The number of halogens is 1. The van der Waals surface area contributed by atoms with E-state index in [0.717, 1.165) is 5.56 Å².